The lowest BCUT2D eigenvalue weighted by molar-refractivity contribution is -0.161. The number of hydrogen-bond acceptors (Lipinski definition) is 15. The van der Waals surface area contributed by atoms with E-state index in [1.54, 1.807) is 0 Å². The summed E-state index contributed by atoms with van der Waals surface area (Å²) in [5.41, 5.74) is 0. The molecule has 2 unspecified atom stereocenters. The summed E-state index contributed by atoms with van der Waals surface area (Å²) < 4.78 is 69.1. The first kappa shape index (κ1) is 109. The Morgan fingerprint density at radius 2 is 0.414 bits per heavy atom. The zero-order valence-corrected chi connectivity index (χ0v) is 75.1. The van der Waals surface area contributed by atoms with E-state index in [9.17, 15) is 43.2 Å². The highest BCUT2D eigenvalue weighted by Gasteiger charge is 2.31. The third-order valence-corrected chi connectivity index (χ3v) is 23.6. The first-order chi connectivity index (χ1) is 53.9. The minimum Gasteiger partial charge on any atom is -0.462 e. The molecule has 0 radical (unpaired) electrons. The molecular weight excluding hydrogens is 1440 g/mol. The lowest BCUT2D eigenvalue weighted by Gasteiger charge is -2.21. The minimum atomic E-state index is -4.97. The van der Waals surface area contributed by atoms with E-state index >= 15 is 0 Å². The number of hydrogen-bond donors (Lipinski definition) is 3. The van der Waals surface area contributed by atoms with Crippen molar-refractivity contribution in [3.63, 3.8) is 0 Å². The van der Waals surface area contributed by atoms with Gasteiger partial charge < -0.3 is 33.8 Å². The summed E-state index contributed by atoms with van der Waals surface area (Å²) >= 11 is 0. The van der Waals surface area contributed by atoms with E-state index in [-0.39, 0.29) is 25.7 Å². The van der Waals surface area contributed by atoms with Gasteiger partial charge in [0.15, 0.2) is 12.2 Å². The predicted molar refractivity (Wildman–Crippen MR) is 460 cm³/mol. The molecule has 0 aliphatic rings. The third kappa shape index (κ3) is 85.8. The van der Waals surface area contributed by atoms with E-state index in [0.29, 0.717) is 25.7 Å². The van der Waals surface area contributed by atoms with Crippen LogP contribution in [0.4, 0.5) is 0 Å². The van der Waals surface area contributed by atoms with Gasteiger partial charge in [0.1, 0.15) is 19.3 Å². The van der Waals surface area contributed by atoms with Crippen LogP contribution >= 0.6 is 15.6 Å². The maximum atomic E-state index is 13.2. The zero-order chi connectivity index (χ0) is 81.3. The van der Waals surface area contributed by atoms with Crippen molar-refractivity contribution in [1.82, 2.24) is 0 Å². The molecule has 3 N–H and O–H groups in total. The van der Waals surface area contributed by atoms with E-state index in [1.165, 1.54) is 315 Å². The van der Waals surface area contributed by atoms with Crippen molar-refractivity contribution in [3.8, 4) is 0 Å². The fourth-order valence-corrected chi connectivity index (χ4v) is 16.1. The summed E-state index contributed by atoms with van der Waals surface area (Å²) in [7, 11) is -9.94. The third-order valence-electron chi connectivity index (χ3n) is 21.7. The molecule has 0 aliphatic carbocycles. The van der Waals surface area contributed by atoms with Gasteiger partial charge in [-0.25, -0.2) is 9.13 Å². The number of phosphoric ester groups is 2. The minimum absolute atomic E-state index is 0.107. The van der Waals surface area contributed by atoms with E-state index < -0.39 is 97.5 Å². The smallest absolute Gasteiger partial charge is 0.462 e. The topological polar surface area (TPSA) is 237 Å². The molecule has 111 heavy (non-hydrogen) atoms. The molecule has 17 nitrogen and oxygen atoms in total. The average Bonchev–Trinajstić information content (AvgIpc) is 0.898. The standard InChI is InChI=1S/C92H180O17P2/c1-7-9-11-13-15-17-19-21-23-25-27-29-31-33-35-37-41-45-49-56-62-68-74-89(94)102-80-87(108-91(96)76-70-64-58-50-46-42-38-36-34-32-30-28-26-24-22-20-18-16-14-12-10-8-2)82-106-110(98,99)104-78-86(93)79-105-111(100,101)107-83-88(81-103-90(95)75-69-63-57-53-52-55-61-67-73-85(5)6)109-92(97)77-71-65-59-51-47-43-39-40-44-48-54-60-66-72-84(3)4/h84-88,93H,7-83H2,1-6H3,(H,98,99)(H,100,101)/t86-,87-,88-/m1/s1. The highest BCUT2D eigenvalue weighted by molar-refractivity contribution is 7.47. The number of esters is 4. The second-order valence-electron chi connectivity index (χ2n) is 34.0. The van der Waals surface area contributed by atoms with Gasteiger partial charge in [-0.05, 0) is 37.5 Å². The highest BCUT2D eigenvalue weighted by atomic mass is 31.2. The fourth-order valence-electron chi connectivity index (χ4n) is 14.5. The van der Waals surface area contributed by atoms with Crippen LogP contribution in [0.5, 0.6) is 0 Å². The van der Waals surface area contributed by atoms with E-state index in [0.717, 1.165) is 102 Å². The Balaban J connectivity index is 5.22. The summed E-state index contributed by atoms with van der Waals surface area (Å²) in [5, 5.41) is 10.7. The number of carbonyl (C=O) groups excluding carboxylic acids is 4. The van der Waals surface area contributed by atoms with Crippen LogP contribution < -0.4 is 0 Å². The molecule has 0 bridgehead atoms. The van der Waals surface area contributed by atoms with Crippen LogP contribution in [0.2, 0.25) is 0 Å². The molecule has 0 spiro atoms. The van der Waals surface area contributed by atoms with Crippen LogP contribution in [0.1, 0.15) is 497 Å². The Hall–Kier alpha value is -1.94. The first-order valence-electron chi connectivity index (χ1n) is 47.5. The monoisotopic (exact) mass is 1620 g/mol. The summed E-state index contributed by atoms with van der Waals surface area (Å²) in [6, 6.07) is 0. The van der Waals surface area contributed by atoms with Crippen LogP contribution in [-0.2, 0) is 65.4 Å². The van der Waals surface area contributed by atoms with Gasteiger partial charge in [0.2, 0.25) is 0 Å². The van der Waals surface area contributed by atoms with Crippen molar-refractivity contribution in [1.29, 1.82) is 0 Å². The van der Waals surface area contributed by atoms with Crippen LogP contribution in [0.15, 0.2) is 0 Å². The number of ether oxygens (including phenoxy) is 4. The molecule has 660 valence electrons. The lowest BCUT2D eigenvalue weighted by Crippen LogP contribution is -2.30. The number of unbranched alkanes of at least 4 members (excludes halogenated alkanes) is 61. The fraction of sp³-hybridized carbons (Fsp3) is 0.957. The van der Waals surface area contributed by atoms with Crippen LogP contribution in [0, 0.1) is 11.8 Å². The van der Waals surface area contributed by atoms with Crippen molar-refractivity contribution < 1.29 is 80.2 Å². The normalized spacial score (nSPS) is 13.7. The maximum Gasteiger partial charge on any atom is 0.472 e. The van der Waals surface area contributed by atoms with Crippen LogP contribution in [0.3, 0.4) is 0 Å². The van der Waals surface area contributed by atoms with Gasteiger partial charge in [-0.15, -0.1) is 0 Å². The van der Waals surface area contributed by atoms with Gasteiger partial charge in [-0.2, -0.15) is 0 Å². The van der Waals surface area contributed by atoms with Gasteiger partial charge in [0.05, 0.1) is 26.4 Å². The van der Waals surface area contributed by atoms with Crippen LogP contribution in [0.25, 0.3) is 0 Å². The number of carbonyl (C=O) groups is 4. The molecule has 19 heteroatoms. The molecule has 0 heterocycles. The Labute approximate surface area is 683 Å². The zero-order valence-electron chi connectivity index (χ0n) is 73.3. The molecular formula is C92H180O17P2. The summed E-state index contributed by atoms with van der Waals surface area (Å²) in [6.45, 7) is 9.68. The molecule has 0 aromatic rings. The predicted octanol–water partition coefficient (Wildman–Crippen LogP) is 28.6. The number of aliphatic hydroxyl groups is 1. The quantitative estimate of drug-likeness (QED) is 0.0222. The van der Waals surface area contributed by atoms with Gasteiger partial charge in [0.25, 0.3) is 0 Å². The van der Waals surface area contributed by atoms with Gasteiger partial charge in [-0.3, -0.25) is 37.3 Å². The Bertz CT molecular complexity index is 2120. The van der Waals surface area contributed by atoms with E-state index in [1.807, 2.05) is 0 Å². The van der Waals surface area contributed by atoms with E-state index in [4.69, 9.17) is 37.0 Å². The van der Waals surface area contributed by atoms with Gasteiger partial charge in [-0.1, -0.05) is 446 Å². The number of aliphatic hydroxyl groups excluding tert-OH is 1. The maximum absolute atomic E-state index is 13.2. The molecule has 0 aromatic heterocycles. The summed E-state index contributed by atoms with van der Waals surface area (Å²) in [6.07, 6.45) is 78.1. The average molecular weight is 1620 g/mol. The molecule has 0 rings (SSSR count). The molecule has 5 atom stereocenters. The van der Waals surface area contributed by atoms with E-state index in [2.05, 4.69) is 41.5 Å². The van der Waals surface area contributed by atoms with Crippen molar-refractivity contribution in [2.75, 3.05) is 39.6 Å². The number of phosphoric acid groups is 2. The molecule has 0 aliphatic heterocycles. The van der Waals surface area contributed by atoms with Crippen molar-refractivity contribution in [3.05, 3.63) is 0 Å². The van der Waals surface area contributed by atoms with Gasteiger partial charge >= 0.3 is 39.5 Å². The highest BCUT2D eigenvalue weighted by Crippen LogP contribution is 2.45. The second-order valence-corrected chi connectivity index (χ2v) is 36.9. The lowest BCUT2D eigenvalue weighted by atomic mass is 10.0. The SMILES string of the molecule is CCCCCCCCCCCCCCCCCCCCCCCCC(=O)OC[C@H](COP(=O)(O)OC[C@@H](O)COP(=O)(O)OC[C@@H](COC(=O)CCCCCCCCCCC(C)C)OC(=O)CCCCCCCCCCCCCCCC(C)C)OC(=O)CCCCCCCCCCCCCCCCCCCCCCCC. The van der Waals surface area contributed by atoms with Gasteiger partial charge in [0, 0.05) is 25.7 Å². The number of rotatable bonds is 91. The summed E-state index contributed by atoms with van der Waals surface area (Å²) in [5.74, 6) is -0.585. The molecule has 0 aromatic carbocycles. The van der Waals surface area contributed by atoms with Crippen molar-refractivity contribution >= 4 is 39.5 Å². The largest absolute Gasteiger partial charge is 0.472 e. The van der Waals surface area contributed by atoms with Crippen molar-refractivity contribution in [2.45, 2.75) is 516 Å². The second kappa shape index (κ2) is 83.1. The molecule has 0 saturated carbocycles. The molecule has 0 saturated heterocycles. The molecule has 0 fully saturated rings. The Morgan fingerprint density at radius 1 is 0.243 bits per heavy atom. The van der Waals surface area contributed by atoms with Crippen LogP contribution in [-0.4, -0.2) is 96.7 Å². The first-order valence-corrected chi connectivity index (χ1v) is 50.5. The Morgan fingerprint density at radius 3 is 0.613 bits per heavy atom. The van der Waals surface area contributed by atoms with Crippen molar-refractivity contribution in [2.24, 2.45) is 11.8 Å². The Kier molecular flexibility index (Phi) is 81.7. The molecule has 0 amide bonds. The summed E-state index contributed by atoms with van der Waals surface area (Å²) in [4.78, 5) is 73.4.